The monoisotopic (exact) mass is 631 g/mol. The summed E-state index contributed by atoms with van der Waals surface area (Å²) in [5, 5.41) is -0.503. The molecule has 2 amide bonds. The number of rotatable bonds is 7. The van der Waals surface area contributed by atoms with E-state index in [-0.39, 0.29) is 11.5 Å². The summed E-state index contributed by atoms with van der Waals surface area (Å²) >= 11 is 11.2. The molecule has 162 valence electrons. The Kier molecular flexibility index (Phi) is 8.37. The first-order valence-electron chi connectivity index (χ1n) is 9.05. The van der Waals surface area contributed by atoms with Crippen molar-refractivity contribution in [1.29, 1.82) is 0 Å². The summed E-state index contributed by atoms with van der Waals surface area (Å²) in [5.41, 5.74) is 1.71. The number of ether oxygens (including phenoxy) is 2. The number of hydrogen-bond acceptors (Lipinski definition) is 6. The molecule has 0 N–H and O–H groups in total. The molecule has 10 heteroatoms. The van der Waals surface area contributed by atoms with Crippen LogP contribution in [0.5, 0.6) is 5.75 Å². The third kappa shape index (κ3) is 6.21. The summed E-state index contributed by atoms with van der Waals surface area (Å²) < 4.78 is 13.1. The van der Waals surface area contributed by atoms with E-state index >= 15 is 0 Å². The lowest BCUT2D eigenvalue weighted by Crippen LogP contribution is -2.34. The Morgan fingerprint density at radius 3 is 2.35 bits per heavy atom. The molecule has 1 heterocycles. The normalized spacial score (nSPS) is 15.0. The van der Waals surface area contributed by atoms with Gasteiger partial charge in [0.05, 0.1) is 20.5 Å². The van der Waals surface area contributed by atoms with Crippen molar-refractivity contribution in [2.45, 2.75) is 13.5 Å². The van der Waals surface area contributed by atoms with Crippen molar-refractivity contribution in [1.82, 2.24) is 4.90 Å². The van der Waals surface area contributed by atoms with Crippen molar-refractivity contribution in [2.75, 3.05) is 13.2 Å². The Balaban J connectivity index is 1.74. The number of carbonyl (C=O) groups is 3. The molecule has 0 aromatic heterocycles. The number of hydrogen-bond donors (Lipinski definition) is 0. The van der Waals surface area contributed by atoms with Crippen LogP contribution >= 0.6 is 59.6 Å². The average molecular weight is 634 g/mol. The van der Waals surface area contributed by atoms with E-state index in [2.05, 4.69) is 47.8 Å². The lowest BCUT2D eigenvalue weighted by Gasteiger charge is -2.12. The molecule has 0 radical (unpaired) electrons. The number of benzene rings is 2. The molecule has 0 saturated carbocycles. The Morgan fingerprint density at radius 1 is 1.10 bits per heavy atom. The molecular weight excluding hydrogens is 618 g/mol. The summed E-state index contributed by atoms with van der Waals surface area (Å²) in [5.74, 6) is -0.523. The second-order valence-corrected chi connectivity index (χ2v) is 9.92. The van der Waals surface area contributed by atoms with Crippen molar-refractivity contribution in [3.63, 3.8) is 0 Å². The minimum Gasteiger partial charge on any atom is -0.487 e. The highest BCUT2D eigenvalue weighted by Gasteiger charge is 2.36. The molecule has 2 aromatic rings. The second kappa shape index (κ2) is 10.8. The maximum atomic E-state index is 12.5. The molecule has 0 unspecified atom stereocenters. The molecule has 31 heavy (non-hydrogen) atoms. The minimum absolute atomic E-state index is 0.184. The van der Waals surface area contributed by atoms with E-state index < -0.39 is 23.7 Å². The van der Waals surface area contributed by atoms with Gasteiger partial charge in [0.1, 0.15) is 18.9 Å². The zero-order valence-electron chi connectivity index (χ0n) is 16.2. The molecule has 1 saturated heterocycles. The van der Waals surface area contributed by atoms with Crippen molar-refractivity contribution >= 4 is 82.7 Å². The summed E-state index contributed by atoms with van der Waals surface area (Å²) in [7, 11) is 0. The molecule has 6 nitrogen and oxygen atoms in total. The lowest BCUT2D eigenvalue weighted by molar-refractivity contribution is -0.145. The van der Waals surface area contributed by atoms with Crippen LogP contribution in [0.25, 0.3) is 6.08 Å². The number of halogens is 3. The van der Waals surface area contributed by atoms with Gasteiger partial charge in [0, 0.05) is 4.47 Å². The third-order valence-electron chi connectivity index (χ3n) is 4.08. The summed E-state index contributed by atoms with van der Waals surface area (Å²) in [6.45, 7) is 1.83. The van der Waals surface area contributed by atoms with E-state index in [0.29, 0.717) is 26.9 Å². The maximum absolute atomic E-state index is 12.5. The fraction of sp³-hybridized carbons (Fsp3) is 0.190. The fourth-order valence-electron chi connectivity index (χ4n) is 2.66. The van der Waals surface area contributed by atoms with Crippen LogP contribution in [0, 0.1) is 0 Å². The van der Waals surface area contributed by atoms with Crippen LogP contribution in [-0.2, 0) is 20.9 Å². The second-order valence-electron chi connectivity index (χ2n) is 6.30. The molecule has 0 atom stereocenters. The molecule has 0 aliphatic carbocycles. The van der Waals surface area contributed by atoms with Crippen molar-refractivity contribution in [3.8, 4) is 5.75 Å². The predicted octanol–water partition coefficient (Wildman–Crippen LogP) is 6.15. The van der Waals surface area contributed by atoms with Gasteiger partial charge in [0.25, 0.3) is 11.1 Å². The summed E-state index contributed by atoms with van der Waals surface area (Å²) in [6.07, 6.45) is 1.60. The molecule has 3 rings (SSSR count). The van der Waals surface area contributed by atoms with Gasteiger partial charge in [0.15, 0.2) is 0 Å². The smallest absolute Gasteiger partial charge is 0.326 e. The molecule has 1 aliphatic heterocycles. The fourth-order valence-corrected chi connectivity index (χ4v) is 5.21. The van der Waals surface area contributed by atoms with Crippen LogP contribution in [-0.4, -0.2) is 35.2 Å². The van der Waals surface area contributed by atoms with E-state index in [9.17, 15) is 14.4 Å². The highest BCUT2D eigenvalue weighted by atomic mass is 79.9. The van der Waals surface area contributed by atoms with Crippen molar-refractivity contribution in [3.05, 3.63) is 65.8 Å². The average Bonchev–Trinajstić information content (AvgIpc) is 2.96. The van der Waals surface area contributed by atoms with Crippen LogP contribution in [0.1, 0.15) is 18.1 Å². The van der Waals surface area contributed by atoms with Crippen LogP contribution in [0.4, 0.5) is 4.79 Å². The summed E-state index contributed by atoms with van der Waals surface area (Å²) in [6, 6.07) is 11.4. The number of carbonyl (C=O) groups excluding carboxylic acids is 3. The summed E-state index contributed by atoms with van der Waals surface area (Å²) in [4.78, 5) is 37.4. The third-order valence-corrected chi connectivity index (χ3v) is 6.70. The number of imide groups is 1. The first kappa shape index (κ1) is 24.0. The van der Waals surface area contributed by atoms with E-state index in [4.69, 9.17) is 9.47 Å². The molecule has 2 aromatic carbocycles. The zero-order chi connectivity index (χ0) is 22.5. The van der Waals surface area contributed by atoms with Crippen LogP contribution in [0.2, 0.25) is 0 Å². The molecule has 1 fully saturated rings. The van der Waals surface area contributed by atoms with Gasteiger partial charge in [-0.05, 0) is 92.0 Å². The molecular formula is C21H16Br3NO5S. The largest absolute Gasteiger partial charge is 0.487 e. The highest BCUT2D eigenvalue weighted by Crippen LogP contribution is 2.38. The Bertz CT molecular complexity index is 1030. The van der Waals surface area contributed by atoms with E-state index in [1.807, 2.05) is 24.3 Å². The van der Waals surface area contributed by atoms with E-state index in [1.54, 1.807) is 25.1 Å². The lowest BCUT2D eigenvalue weighted by atomic mass is 10.2. The SMILES string of the molecule is CCOC(=O)CN1C(=O)S/C(=C/c2cc(Br)c(OCc3ccc(Br)cc3)c(Br)c2)C1=O. The Labute approximate surface area is 208 Å². The first-order chi connectivity index (χ1) is 14.8. The van der Waals surface area contributed by atoms with Crippen LogP contribution in [0.3, 0.4) is 0 Å². The minimum atomic E-state index is -0.621. The van der Waals surface area contributed by atoms with Gasteiger partial charge < -0.3 is 9.47 Å². The highest BCUT2D eigenvalue weighted by molar-refractivity contribution is 9.11. The van der Waals surface area contributed by atoms with Crippen molar-refractivity contribution in [2.24, 2.45) is 0 Å². The quantitative estimate of drug-likeness (QED) is 0.269. The maximum Gasteiger partial charge on any atom is 0.326 e. The number of amides is 2. The topological polar surface area (TPSA) is 72.9 Å². The van der Waals surface area contributed by atoms with Gasteiger partial charge in [-0.25, -0.2) is 0 Å². The Morgan fingerprint density at radius 2 is 1.74 bits per heavy atom. The van der Waals surface area contributed by atoms with E-state index in [0.717, 1.165) is 26.7 Å². The molecule has 1 aliphatic rings. The number of thioether (sulfide) groups is 1. The van der Waals surface area contributed by atoms with Crippen molar-refractivity contribution < 1.29 is 23.9 Å². The molecule has 0 spiro atoms. The molecule has 0 bridgehead atoms. The first-order valence-corrected chi connectivity index (χ1v) is 12.2. The van der Waals surface area contributed by atoms with Gasteiger partial charge in [-0.3, -0.25) is 19.3 Å². The zero-order valence-corrected chi connectivity index (χ0v) is 21.8. The Hall–Kier alpha value is -1.62. The predicted molar refractivity (Wildman–Crippen MR) is 130 cm³/mol. The van der Waals surface area contributed by atoms with Gasteiger partial charge >= 0.3 is 5.97 Å². The van der Waals surface area contributed by atoms with Gasteiger partial charge in [-0.1, -0.05) is 28.1 Å². The van der Waals surface area contributed by atoms with Crippen LogP contribution in [0.15, 0.2) is 54.7 Å². The van der Waals surface area contributed by atoms with Crippen LogP contribution < -0.4 is 4.74 Å². The van der Waals surface area contributed by atoms with E-state index in [1.165, 1.54) is 0 Å². The number of esters is 1. The standard InChI is InChI=1S/C21H16Br3NO5S/c1-2-29-18(26)10-25-20(27)17(31-21(25)28)9-13-7-15(23)19(16(24)8-13)30-11-12-3-5-14(22)6-4-12/h3-9H,2,10-11H2,1H3/b17-9+. The van der Waals surface area contributed by atoms with Gasteiger partial charge in [-0.15, -0.1) is 0 Å². The number of nitrogens with zero attached hydrogens (tertiary/aromatic N) is 1. The van der Waals surface area contributed by atoms with Gasteiger partial charge in [0.2, 0.25) is 0 Å². The van der Waals surface area contributed by atoms with Gasteiger partial charge in [-0.2, -0.15) is 0 Å².